The fourth-order valence-electron chi connectivity index (χ4n) is 1.80. The molecular formula is C14H23N. The first-order valence-electron chi connectivity index (χ1n) is 6.14. The lowest BCUT2D eigenvalue weighted by Crippen LogP contribution is -2.21. The summed E-state index contributed by atoms with van der Waals surface area (Å²) < 4.78 is 0. The van der Waals surface area contributed by atoms with E-state index in [4.69, 9.17) is 0 Å². The summed E-state index contributed by atoms with van der Waals surface area (Å²) in [6.45, 7) is 7.75. The third-order valence-electron chi connectivity index (χ3n) is 2.84. The number of aryl methyl sites for hydroxylation is 1. The van der Waals surface area contributed by atoms with Crippen LogP contribution in [0.25, 0.3) is 0 Å². The quantitative estimate of drug-likeness (QED) is 0.746. The summed E-state index contributed by atoms with van der Waals surface area (Å²) in [5.74, 6) is 0. The molecule has 1 aromatic carbocycles. The van der Waals surface area contributed by atoms with Crippen LogP contribution in [0.3, 0.4) is 0 Å². The molecular weight excluding hydrogens is 182 g/mol. The molecule has 1 N–H and O–H groups in total. The second kappa shape index (κ2) is 6.62. The van der Waals surface area contributed by atoms with Gasteiger partial charge in [0.2, 0.25) is 0 Å². The van der Waals surface area contributed by atoms with Gasteiger partial charge in [0.25, 0.3) is 0 Å². The molecule has 0 unspecified atom stereocenters. The summed E-state index contributed by atoms with van der Waals surface area (Å²) in [6.07, 6.45) is 3.48. The highest BCUT2D eigenvalue weighted by Gasteiger charge is 2.06. The van der Waals surface area contributed by atoms with Gasteiger partial charge in [0.1, 0.15) is 0 Å². The Bertz CT molecular complexity index is 263. The average molecular weight is 205 g/mol. The van der Waals surface area contributed by atoms with Crippen molar-refractivity contribution in [2.75, 3.05) is 6.54 Å². The maximum Gasteiger partial charge on any atom is 0.0317 e. The van der Waals surface area contributed by atoms with Crippen LogP contribution in [-0.2, 0) is 6.42 Å². The fraction of sp³-hybridized carbons (Fsp3) is 0.571. The molecule has 15 heavy (non-hydrogen) atoms. The molecule has 0 bridgehead atoms. The third-order valence-corrected chi connectivity index (χ3v) is 2.84. The summed E-state index contributed by atoms with van der Waals surface area (Å²) in [5.41, 5.74) is 2.84. The van der Waals surface area contributed by atoms with Gasteiger partial charge in [-0.1, -0.05) is 45.0 Å². The van der Waals surface area contributed by atoms with Crippen LogP contribution in [-0.4, -0.2) is 6.54 Å². The molecule has 1 heteroatoms. The van der Waals surface area contributed by atoms with E-state index in [1.54, 1.807) is 0 Å². The Labute approximate surface area is 93.9 Å². The van der Waals surface area contributed by atoms with Crippen molar-refractivity contribution in [3.05, 3.63) is 35.4 Å². The molecule has 0 aliphatic rings. The van der Waals surface area contributed by atoms with Gasteiger partial charge in [-0.15, -0.1) is 0 Å². The monoisotopic (exact) mass is 205 g/mol. The zero-order chi connectivity index (χ0) is 11.1. The van der Waals surface area contributed by atoms with Crippen LogP contribution in [0.5, 0.6) is 0 Å². The standard InChI is InChI=1S/C14H23N/c1-4-11-15-14(6-3)13-9-7-12(5-2)8-10-13/h7-10,14-15H,4-6,11H2,1-3H3/t14-/m0/s1. The number of hydrogen-bond acceptors (Lipinski definition) is 1. The molecule has 0 saturated carbocycles. The Morgan fingerprint density at radius 1 is 1.07 bits per heavy atom. The van der Waals surface area contributed by atoms with Gasteiger partial charge in [-0.05, 0) is 36.9 Å². The maximum absolute atomic E-state index is 3.57. The normalized spacial score (nSPS) is 12.7. The molecule has 0 fully saturated rings. The van der Waals surface area contributed by atoms with Crippen molar-refractivity contribution in [3.8, 4) is 0 Å². The first-order chi connectivity index (χ1) is 7.31. The molecule has 0 radical (unpaired) electrons. The Morgan fingerprint density at radius 2 is 1.73 bits per heavy atom. The minimum Gasteiger partial charge on any atom is -0.310 e. The van der Waals surface area contributed by atoms with Gasteiger partial charge >= 0.3 is 0 Å². The van der Waals surface area contributed by atoms with Crippen molar-refractivity contribution in [1.82, 2.24) is 5.32 Å². The summed E-state index contributed by atoms with van der Waals surface area (Å²) >= 11 is 0. The van der Waals surface area contributed by atoms with Crippen LogP contribution in [0.4, 0.5) is 0 Å². The van der Waals surface area contributed by atoms with Crippen LogP contribution in [0, 0.1) is 0 Å². The van der Waals surface area contributed by atoms with E-state index in [0.29, 0.717) is 6.04 Å². The topological polar surface area (TPSA) is 12.0 Å². The second-order valence-electron chi connectivity index (χ2n) is 4.01. The Hall–Kier alpha value is -0.820. The van der Waals surface area contributed by atoms with E-state index in [9.17, 15) is 0 Å². The number of rotatable bonds is 6. The molecule has 0 aliphatic carbocycles. The second-order valence-corrected chi connectivity index (χ2v) is 4.01. The van der Waals surface area contributed by atoms with Crippen LogP contribution in [0.2, 0.25) is 0 Å². The molecule has 1 aromatic rings. The Balaban J connectivity index is 2.65. The lowest BCUT2D eigenvalue weighted by molar-refractivity contribution is 0.518. The lowest BCUT2D eigenvalue weighted by Gasteiger charge is -2.17. The highest BCUT2D eigenvalue weighted by Crippen LogP contribution is 2.17. The molecule has 0 aromatic heterocycles. The minimum atomic E-state index is 0.524. The summed E-state index contributed by atoms with van der Waals surface area (Å²) in [5, 5.41) is 3.57. The fourth-order valence-corrected chi connectivity index (χ4v) is 1.80. The SMILES string of the molecule is CCCN[C@@H](CC)c1ccc(CC)cc1. The van der Waals surface area contributed by atoms with Gasteiger partial charge < -0.3 is 5.32 Å². The van der Waals surface area contributed by atoms with Gasteiger partial charge in [-0.2, -0.15) is 0 Å². The van der Waals surface area contributed by atoms with Gasteiger partial charge in [0, 0.05) is 6.04 Å². The highest BCUT2D eigenvalue weighted by atomic mass is 14.9. The predicted octanol–water partition coefficient (Wildman–Crippen LogP) is 3.70. The van der Waals surface area contributed by atoms with Crippen molar-refractivity contribution >= 4 is 0 Å². The number of nitrogens with one attached hydrogen (secondary N) is 1. The maximum atomic E-state index is 3.57. The average Bonchev–Trinajstić information content (AvgIpc) is 2.31. The van der Waals surface area contributed by atoms with Crippen LogP contribution < -0.4 is 5.32 Å². The van der Waals surface area contributed by atoms with E-state index in [1.165, 1.54) is 17.5 Å². The first-order valence-corrected chi connectivity index (χ1v) is 6.14. The van der Waals surface area contributed by atoms with E-state index >= 15 is 0 Å². The molecule has 1 rings (SSSR count). The summed E-state index contributed by atoms with van der Waals surface area (Å²) in [7, 11) is 0. The van der Waals surface area contributed by atoms with E-state index in [0.717, 1.165) is 19.4 Å². The molecule has 0 spiro atoms. The van der Waals surface area contributed by atoms with Crippen molar-refractivity contribution in [3.63, 3.8) is 0 Å². The smallest absolute Gasteiger partial charge is 0.0317 e. The highest BCUT2D eigenvalue weighted by molar-refractivity contribution is 5.24. The summed E-state index contributed by atoms with van der Waals surface area (Å²) in [6, 6.07) is 9.53. The largest absolute Gasteiger partial charge is 0.310 e. The zero-order valence-electron chi connectivity index (χ0n) is 10.2. The van der Waals surface area contributed by atoms with Crippen molar-refractivity contribution < 1.29 is 0 Å². The number of benzene rings is 1. The molecule has 1 nitrogen and oxygen atoms in total. The molecule has 0 aliphatic heterocycles. The minimum absolute atomic E-state index is 0.524. The number of hydrogen-bond donors (Lipinski definition) is 1. The molecule has 0 heterocycles. The van der Waals surface area contributed by atoms with Gasteiger partial charge in [-0.25, -0.2) is 0 Å². The van der Waals surface area contributed by atoms with Crippen molar-refractivity contribution in [2.45, 2.75) is 46.1 Å². The van der Waals surface area contributed by atoms with E-state index in [1.807, 2.05) is 0 Å². The molecule has 84 valence electrons. The molecule has 0 amide bonds. The van der Waals surface area contributed by atoms with Crippen LogP contribution in [0.1, 0.15) is 50.8 Å². The Morgan fingerprint density at radius 3 is 2.20 bits per heavy atom. The summed E-state index contributed by atoms with van der Waals surface area (Å²) in [4.78, 5) is 0. The van der Waals surface area contributed by atoms with Crippen molar-refractivity contribution in [1.29, 1.82) is 0 Å². The molecule has 0 saturated heterocycles. The van der Waals surface area contributed by atoms with Crippen LogP contribution >= 0.6 is 0 Å². The third kappa shape index (κ3) is 3.67. The van der Waals surface area contributed by atoms with E-state index in [-0.39, 0.29) is 0 Å². The van der Waals surface area contributed by atoms with Gasteiger partial charge in [0.05, 0.1) is 0 Å². The van der Waals surface area contributed by atoms with Gasteiger partial charge in [0.15, 0.2) is 0 Å². The zero-order valence-corrected chi connectivity index (χ0v) is 10.2. The Kier molecular flexibility index (Phi) is 5.41. The lowest BCUT2D eigenvalue weighted by atomic mass is 10.0. The molecule has 1 atom stereocenters. The van der Waals surface area contributed by atoms with Crippen LogP contribution in [0.15, 0.2) is 24.3 Å². The van der Waals surface area contributed by atoms with Gasteiger partial charge in [-0.3, -0.25) is 0 Å². The van der Waals surface area contributed by atoms with Crippen molar-refractivity contribution in [2.24, 2.45) is 0 Å². The first kappa shape index (κ1) is 12.3. The van der Waals surface area contributed by atoms with E-state index in [2.05, 4.69) is 50.4 Å². The van der Waals surface area contributed by atoms with E-state index < -0.39 is 0 Å². The predicted molar refractivity (Wildman–Crippen MR) is 67.1 cm³/mol.